The quantitative estimate of drug-likeness (QED) is 0.687. The number of hydrogen-bond acceptors (Lipinski definition) is 4. The van der Waals surface area contributed by atoms with Crippen LogP contribution in [0.15, 0.2) is 6.07 Å². The van der Waals surface area contributed by atoms with Gasteiger partial charge in [-0.25, -0.2) is 9.97 Å². The van der Waals surface area contributed by atoms with E-state index in [-0.39, 0.29) is 0 Å². The van der Waals surface area contributed by atoms with Gasteiger partial charge in [0.15, 0.2) is 0 Å². The molecule has 0 N–H and O–H groups in total. The van der Waals surface area contributed by atoms with E-state index in [2.05, 4.69) is 20.9 Å². The van der Waals surface area contributed by atoms with E-state index in [9.17, 15) is 0 Å². The summed E-state index contributed by atoms with van der Waals surface area (Å²) >= 11 is 0. The molecule has 0 amide bonds. The lowest BCUT2D eigenvalue weighted by Crippen LogP contribution is -2.37. The van der Waals surface area contributed by atoms with Crippen molar-refractivity contribution in [1.82, 2.24) is 9.97 Å². The van der Waals surface area contributed by atoms with Gasteiger partial charge >= 0.3 is 0 Å². The predicted octanol–water partition coefficient (Wildman–Crippen LogP) is 1.07. The van der Waals surface area contributed by atoms with Crippen LogP contribution in [0.25, 0.3) is 0 Å². The van der Waals surface area contributed by atoms with E-state index >= 15 is 0 Å². The van der Waals surface area contributed by atoms with Crippen LogP contribution in [0.1, 0.15) is 17.9 Å². The summed E-state index contributed by atoms with van der Waals surface area (Å²) in [6.45, 7) is 5.80. The Kier molecular flexibility index (Phi) is 1.92. The van der Waals surface area contributed by atoms with E-state index in [4.69, 9.17) is 4.74 Å². The molecular formula is C11H15N3O. The van der Waals surface area contributed by atoms with Crippen molar-refractivity contribution in [2.45, 2.75) is 32.4 Å². The first kappa shape index (κ1) is 9.09. The summed E-state index contributed by atoms with van der Waals surface area (Å²) in [7, 11) is 0. The molecule has 0 spiro atoms. The second kappa shape index (κ2) is 3.17. The van der Waals surface area contributed by atoms with Gasteiger partial charge in [0.05, 0.1) is 18.8 Å². The van der Waals surface area contributed by atoms with E-state index < -0.39 is 0 Å². The third kappa shape index (κ3) is 1.49. The molecule has 80 valence electrons. The second-order valence-corrected chi connectivity index (χ2v) is 4.41. The Morgan fingerprint density at radius 3 is 2.87 bits per heavy atom. The molecule has 1 aromatic rings. The Hall–Kier alpha value is -1.16. The number of ether oxygens (including phenoxy) is 1. The average Bonchev–Trinajstić information content (AvgIpc) is 2.76. The van der Waals surface area contributed by atoms with Crippen LogP contribution >= 0.6 is 0 Å². The van der Waals surface area contributed by atoms with Gasteiger partial charge in [-0.1, -0.05) is 0 Å². The maximum atomic E-state index is 5.58. The van der Waals surface area contributed by atoms with E-state index in [0.29, 0.717) is 12.1 Å². The number of aromatic nitrogens is 2. The van der Waals surface area contributed by atoms with Crippen molar-refractivity contribution in [3.63, 3.8) is 0 Å². The molecule has 4 heteroatoms. The molecule has 3 rings (SSSR count). The maximum absolute atomic E-state index is 5.58. The SMILES string of the molecule is Cc1cc(N2CC3CC2CO3)nc(C)n1. The van der Waals surface area contributed by atoms with Crippen molar-refractivity contribution in [3.05, 3.63) is 17.6 Å². The summed E-state index contributed by atoms with van der Waals surface area (Å²) in [5.41, 5.74) is 1.04. The molecular weight excluding hydrogens is 190 g/mol. The van der Waals surface area contributed by atoms with E-state index in [0.717, 1.165) is 36.9 Å². The van der Waals surface area contributed by atoms with Crippen molar-refractivity contribution < 1.29 is 4.74 Å². The smallest absolute Gasteiger partial charge is 0.132 e. The molecule has 0 aliphatic carbocycles. The number of hydrogen-bond donors (Lipinski definition) is 0. The van der Waals surface area contributed by atoms with Crippen molar-refractivity contribution in [2.75, 3.05) is 18.1 Å². The molecule has 0 radical (unpaired) electrons. The molecule has 3 heterocycles. The summed E-state index contributed by atoms with van der Waals surface area (Å²) < 4.78 is 5.58. The van der Waals surface area contributed by atoms with Crippen LogP contribution in [0.5, 0.6) is 0 Å². The molecule has 4 nitrogen and oxygen atoms in total. The number of rotatable bonds is 1. The fraction of sp³-hybridized carbons (Fsp3) is 0.636. The lowest BCUT2D eigenvalue weighted by atomic mass is 10.2. The Bertz CT molecular complexity index is 373. The standard InChI is InChI=1S/C11H15N3O/c1-7-3-11(13-8(2)12-7)14-5-10-4-9(14)6-15-10/h3,9-10H,4-6H2,1-2H3. The predicted molar refractivity (Wildman–Crippen MR) is 57.0 cm³/mol. The lowest BCUT2D eigenvalue weighted by molar-refractivity contribution is 0.0988. The number of morpholine rings is 1. The maximum Gasteiger partial charge on any atom is 0.132 e. The average molecular weight is 205 g/mol. The van der Waals surface area contributed by atoms with Gasteiger partial charge in [-0.2, -0.15) is 0 Å². The third-order valence-electron chi connectivity index (χ3n) is 3.15. The first-order valence-electron chi connectivity index (χ1n) is 5.43. The fourth-order valence-corrected chi connectivity index (χ4v) is 2.52. The monoisotopic (exact) mass is 205 g/mol. The van der Waals surface area contributed by atoms with Crippen molar-refractivity contribution in [3.8, 4) is 0 Å². The molecule has 2 bridgehead atoms. The summed E-state index contributed by atoms with van der Waals surface area (Å²) in [5, 5.41) is 0. The van der Waals surface area contributed by atoms with Crippen LogP contribution < -0.4 is 4.90 Å². The molecule has 2 atom stereocenters. The minimum absolute atomic E-state index is 0.422. The number of fused-ring (bicyclic) bond motifs is 2. The molecule has 15 heavy (non-hydrogen) atoms. The first-order chi connectivity index (χ1) is 7.22. The fourth-order valence-electron chi connectivity index (χ4n) is 2.52. The zero-order valence-electron chi connectivity index (χ0n) is 9.10. The normalized spacial score (nSPS) is 28.8. The summed E-state index contributed by atoms with van der Waals surface area (Å²) in [6, 6.07) is 2.59. The Morgan fingerprint density at radius 1 is 1.40 bits per heavy atom. The van der Waals surface area contributed by atoms with Gasteiger partial charge in [-0.05, 0) is 20.3 Å². The molecule has 0 saturated carbocycles. The van der Waals surface area contributed by atoms with Gasteiger partial charge < -0.3 is 9.64 Å². The molecule has 2 aliphatic rings. The highest BCUT2D eigenvalue weighted by atomic mass is 16.5. The van der Waals surface area contributed by atoms with Crippen molar-refractivity contribution in [2.24, 2.45) is 0 Å². The van der Waals surface area contributed by atoms with Gasteiger partial charge in [-0.15, -0.1) is 0 Å². The van der Waals surface area contributed by atoms with Crippen LogP contribution in [0.4, 0.5) is 5.82 Å². The largest absolute Gasteiger partial charge is 0.374 e. The molecule has 1 aromatic heterocycles. The highest BCUT2D eigenvalue weighted by Crippen LogP contribution is 2.31. The molecule has 2 aliphatic heterocycles. The third-order valence-corrected chi connectivity index (χ3v) is 3.15. The van der Waals surface area contributed by atoms with Crippen LogP contribution in [-0.4, -0.2) is 35.3 Å². The minimum atomic E-state index is 0.422. The highest BCUT2D eigenvalue weighted by molar-refractivity contribution is 5.43. The van der Waals surface area contributed by atoms with Gasteiger partial charge in [0, 0.05) is 18.3 Å². The summed E-state index contributed by atoms with van der Waals surface area (Å²) in [4.78, 5) is 11.1. The Labute approximate surface area is 89.3 Å². The lowest BCUT2D eigenvalue weighted by Gasteiger charge is -2.28. The second-order valence-electron chi connectivity index (χ2n) is 4.41. The molecule has 2 fully saturated rings. The van der Waals surface area contributed by atoms with Crippen LogP contribution in [0.2, 0.25) is 0 Å². The zero-order valence-corrected chi connectivity index (χ0v) is 9.10. The van der Waals surface area contributed by atoms with Crippen LogP contribution in [0.3, 0.4) is 0 Å². The van der Waals surface area contributed by atoms with E-state index in [1.165, 1.54) is 0 Å². The van der Waals surface area contributed by atoms with Crippen LogP contribution in [0, 0.1) is 13.8 Å². The Balaban J connectivity index is 1.93. The molecule has 2 saturated heterocycles. The molecule has 0 aromatic carbocycles. The van der Waals surface area contributed by atoms with Crippen molar-refractivity contribution >= 4 is 5.82 Å². The summed E-state index contributed by atoms with van der Waals surface area (Å²) in [5.74, 6) is 1.92. The van der Waals surface area contributed by atoms with Gasteiger partial charge in [0.25, 0.3) is 0 Å². The number of nitrogens with zero attached hydrogens (tertiary/aromatic N) is 3. The van der Waals surface area contributed by atoms with Gasteiger partial charge in [0.2, 0.25) is 0 Å². The number of anilines is 1. The zero-order chi connectivity index (χ0) is 10.4. The first-order valence-corrected chi connectivity index (χ1v) is 5.43. The van der Waals surface area contributed by atoms with E-state index in [1.807, 2.05) is 13.8 Å². The molecule has 2 unspecified atom stereocenters. The summed E-state index contributed by atoms with van der Waals surface area (Å²) in [6.07, 6.45) is 1.58. The van der Waals surface area contributed by atoms with Crippen LogP contribution in [-0.2, 0) is 4.74 Å². The highest BCUT2D eigenvalue weighted by Gasteiger charge is 2.39. The minimum Gasteiger partial charge on any atom is -0.374 e. The van der Waals surface area contributed by atoms with Gasteiger partial charge in [-0.3, -0.25) is 0 Å². The van der Waals surface area contributed by atoms with Crippen molar-refractivity contribution in [1.29, 1.82) is 0 Å². The van der Waals surface area contributed by atoms with Gasteiger partial charge in [0.1, 0.15) is 11.6 Å². The number of aryl methyl sites for hydroxylation is 2. The topological polar surface area (TPSA) is 38.2 Å². The van der Waals surface area contributed by atoms with E-state index in [1.54, 1.807) is 0 Å². The Morgan fingerprint density at radius 2 is 2.27 bits per heavy atom.